The number of carbonyl (C=O) groups is 1. The van der Waals surface area contributed by atoms with Crippen molar-refractivity contribution in [2.24, 2.45) is 0 Å². The molecule has 5 heteroatoms. The van der Waals surface area contributed by atoms with Crippen molar-refractivity contribution in [3.63, 3.8) is 0 Å². The predicted molar refractivity (Wildman–Crippen MR) is 81.5 cm³/mol. The molecule has 0 unspecified atom stereocenters. The van der Waals surface area contributed by atoms with Gasteiger partial charge in [0.25, 0.3) is 5.91 Å². The zero-order valence-corrected chi connectivity index (χ0v) is 12.2. The second kappa shape index (κ2) is 6.27. The monoisotopic (exact) mass is 309 g/mol. The molecule has 0 aliphatic rings. The molecule has 0 fully saturated rings. The van der Waals surface area contributed by atoms with Crippen LogP contribution in [0, 0.1) is 0 Å². The maximum atomic E-state index is 12.1. The summed E-state index contributed by atoms with van der Waals surface area (Å²) in [5, 5.41) is 12.9. The van der Waals surface area contributed by atoms with Crippen LogP contribution in [-0.4, -0.2) is 11.0 Å². The van der Waals surface area contributed by atoms with E-state index in [9.17, 15) is 9.90 Å². The molecule has 0 heterocycles. The second-order valence-corrected chi connectivity index (χ2v) is 5.22. The quantitative estimate of drug-likeness (QED) is 0.888. The minimum atomic E-state index is -0.540. The van der Waals surface area contributed by atoms with E-state index in [0.717, 1.165) is 5.56 Å². The molecule has 0 aliphatic carbocycles. The fourth-order valence-electron chi connectivity index (χ4n) is 1.71. The van der Waals surface area contributed by atoms with Crippen LogP contribution in [0.2, 0.25) is 10.0 Å². The van der Waals surface area contributed by atoms with E-state index in [-0.39, 0.29) is 5.91 Å². The average molecular weight is 310 g/mol. The Morgan fingerprint density at radius 3 is 2.40 bits per heavy atom. The van der Waals surface area contributed by atoms with Crippen molar-refractivity contribution in [1.82, 2.24) is 0 Å². The first-order chi connectivity index (χ1) is 9.47. The lowest BCUT2D eigenvalue weighted by Gasteiger charge is -2.09. The van der Waals surface area contributed by atoms with Crippen molar-refractivity contribution in [3.05, 3.63) is 63.6 Å². The molecule has 0 bridgehead atoms. The highest BCUT2D eigenvalue weighted by molar-refractivity contribution is 6.36. The maximum Gasteiger partial charge on any atom is 0.257 e. The van der Waals surface area contributed by atoms with Crippen LogP contribution in [0.1, 0.15) is 28.9 Å². The topological polar surface area (TPSA) is 49.3 Å². The molecule has 1 amide bonds. The Morgan fingerprint density at radius 2 is 1.80 bits per heavy atom. The number of benzene rings is 2. The first-order valence-corrected chi connectivity index (χ1v) is 6.77. The van der Waals surface area contributed by atoms with E-state index in [0.29, 0.717) is 21.3 Å². The van der Waals surface area contributed by atoms with Crippen LogP contribution in [0.4, 0.5) is 5.69 Å². The summed E-state index contributed by atoms with van der Waals surface area (Å²) in [4.78, 5) is 12.1. The molecule has 2 aromatic rings. The van der Waals surface area contributed by atoms with E-state index >= 15 is 0 Å². The zero-order valence-electron chi connectivity index (χ0n) is 10.7. The van der Waals surface area contributed by atoms with Crippen LogP contribution in [0.5, 0.6) is 0 Å². The Bertz CT molecular complexity index is 624. The second-order valence-electron chi connectivity index (χ2n) is 4.38. The third kappa shape index (κ3) is 3.51. The fourth-order valence-corrected chi connectivity index (χ4v) is 2.09. The van der Waals surface area contributed by atoms with Gasteiger partial charge in [0.15, 0.2) is 0 Å². The van der Waals surface area contributed by atoms with Gasteiger partial charge in [-0.2, -0.15) is 0 Å². The lowest BCUT2D eigenvalue weighted by Crippen LogP contribution is -2.12. The van der Waals surface area contributed by atoms with Gasteiger partial charge < -0.3 is 10.4 Å². The van der Waals surface area contributed by atoms with Gasteiger partial charge in [0.1, 0.15) is 0 Å². The molecule has 0 aliphatic heterocycles. The van der Waals surface area contributed by atoms with Crippen LogP contribution >= 0.6 is 23.2 Å². The third-order valence-corrected chi connectivity index (χ3v) is 3.39. The molecule has 2 rings (SSSR count). The summed E-state index contributed by atoms with van der Waals surface area (Å²) in [6.45, 7) is 1.68. The van der Waals surface area contributed by atoms with Gasteiger partial charge >= 0.3 is 0 Å². The average Bonchev–Trinajstić information content (AvgIpc) is 2.42. The predicted octanol–water partition coefficient (Wildman–Crippen LogP) is 4.30. The van der Waals surface area contributed by atoms with E-state index in [2.05, 4.69) is 5.32 Å². The standard InChI is InChI=1S/C15H13Cl2NO2/c1-9(19)10-2-5-12(6-3-10)18-15(20)13-8-11(16)4-7-14(13)17/h2-9,19H,1H3,(H,18,20)/t9-/m1/s1. The number of nitrogens with one attached hydrogen (secondary N) is 1. The van der Waals surface area contributed by atoms with E-state index in [4.69, 9.17) is 23.2 Å². The number of aliphatic hydroxyl groups excluding tert-OH is 1. The third-order valence-electron chi connectivity index (χ3n) is 2.82. The van der Waals surface area contributed by atoms with Gasteiger partial charge in [0, 0.05) is 10.7 Å². The van der Waals surface area contributed by atoms with E-state index in [1.807, 2.05) is 0 Å². The van der Waals surface area contributed by atoms with Crippen LogP contribution in [0.3, 0.4) is 0 Å². The summed E-state index contributed by atoms with van der Waals surface area (Å²) in [5.74, 6) is -0.331. The molecule has 20 heavy (non-hydrogen) atoms. The molecule has 0 aromatic heterocycles. The van der Waals surface area contributed by atoms with Crippen LogP contribution in [0.25, 0.3) is 0 Å². The SMILES string of the molecule is C[C@@H](O)c1ccc(NC(=O)c2cc(Cl)ccc2Cl)cc1. The van der Waals surface area contributed by atoms with Crippen molar-refractivity contribution < 1.29 is 9.90 Å². The van der Waals surface area contributed by atoms with Gasteiger partial charge in [-0.25, -0.2) is 0 Å². The molecular weight excluding hydrogens is 297 g/mol. The minimum Gasteiger partial charge on any atom is -0.389 e. The molecule has 104 valence electrons. The van der Waals surface area contributed by atoms with Gasteiger partial charge in [-0.15, -0.1) is 0 Å². The first kappa shape index (κ1) is 14.9. The summed E-state index contributed by atoms with van der Waals surface area (Å²) in [5.41, 5.74) is 1.72. The highest BCUT2D eigenvalue weighted by Crippen LogP contribution is 2.22. The van der Waals surface area contributed by atoms with Crippen molar-refractivity contribution in [3.8, 4) is 0 Å². The summed E-state index contributed by atoms with van der Waals surface area (Å²) in [6.07, 6.45) is -0.540. The number of carbonyl (C=O) groups excluding carboxylic acids is 1. The summed E-state index contributed by atoms with van der Waals surface area (Å²) in [6, 6.07) is 11.7. The molecule has 2 aromatic carbocycles. The molecule has 0 radical (unpaired) electrons. The van der Waals surface area contributed by atoms with Crippen molar-refractivity contribution in [2.75, 3.05) is 5.32 Å². The highest BCUT2D eigenvalue weighted by atomic mass is 35.5. The number of aliphatic hydroxyl groups is 1. The zero-order chi connectivity index (χ0) is 14.7. The van der Waals surface area contributed by atoms with Crippen molar-refractivity contribution >= 4 is 34.8 Å². The highest BCUT2D eigenvalue weighted by Gasteiger charge is 2.11. The van der Waals surface area contributed by atoms with Crippen LogP contribution in [0.15, 0.2) is 42.5 Å². The molecule has 2 N–H and O–H groups in total. The van der Waals surface area contributed by atoms with Crippen molar-refractivity contribution in [2.45, 2.75) is 13.0 Å². The Kier molecular flexibility index (Phi) is 4.65. The Balaban J connectivity index is 2.17. The van der Waals surface area contributed by atoms with E-state index in [1.165, 1.54) is 6.07 Å². The molecular formula is C15H13Cl2NO2. The van der Waals surface area contributed by atoms with Gasteiger partial charge in [0.05, 0.1) is 16.7 Å². The van der Waals surface area contributed by atoms with E-state index < -0.39 is 6.10 Å². The summed E-state index contributed by atoms with van der Waals surface area (Å²) < 4.78 is 0. The summed E-state index contributed by atoms with van der Waals surface area (Å²) >= 11 is 11.8. The maximum absolute atomic E-state index is 12.1. The Morgan fingerprint density at radius 1 is 1.15 bits per heavy atom. The minimum absolute atomic E-state index is 0.318. The number of rotatable bonds is 3. The first-order valence-electron chi connectivity index (χ1n) is 6.02. The largest absolute Gasteiger partial charge is 0.389 e. The number of hydrogen-bond donors (Lipinski definition) is 2. The molecule has 1 atom stereocenters. The molecule has 0 saturated heterocycles. The number of anilines is 1. The normalized spacial score (nSPS) is 12.0. The van der Waals surface area contributed by atoms with E-state index in [1.54, 1.807) is 43.3 Å². The Hall–Kier alpha value is -1.55. The lowest BCUT2D eigenvalue weighted by molar-refractivity contribution is 0.102. The summed E-state index contributed by atoms with van der Waals surface area (Å²) in [7, 11) is 0. The van der Waals surface area contributed by atoms with Crippen molar-refractivity contribution in [1.29, 1.82) is 0 Å². The number of amides is 1. The smallest absolute Gasteiger partial charge is 0.257 e. The van der Waals surface area contributed by atoms with Gasteiger partial charge in [-0.05, 0) is 42.8 Å². The number of halogens is 2. The molecule has 3 nitrogen and oxygen atoms in total. The molecule has 0 spiro atoms. The van der Waals surface area contributed by atoms with Gasteiger partial charge in [0.2, 0.25) is 0 Å². The fraction of sp³-hybridized carbons (Fsp3) is 0.133. The van der Waals surface area contributed by atoms with Gasteiger partial charge in [-0.1, -0.05) is 35.3 Å². The van der Waals surface area contributed by atoms with Crippen LogP contribution in [-0.2, 0) is 0 Å². The molecule has 0 saturated carbocycles. The number of hydrogen-bond acceptors (Lipinski definition) is 2. The Labute approximate surface area is 127 Å². The lowest BCUT2D eigenvalue weighted by atomic mass is 10.1. The van der Waals surface area contributed by atoms with Crippen LogP contribution < -0.4 is 5.32 Å². The van der Waals surface area contributed by atoms with Gasteiger partial charge in [-0.3, -0.25) is 4.79 Å².